The van der Waals surface area contributed by atoms with Crippen LogP contribution < -0.4 is 13.4 Å². The summed E-state index contributed by atoms with van der Waals surface area (Å²) in [6, 6.07) is 30.1. The van der Waals surface area contributed by atoms with E-state index in [1.54, 1.807) is 0 Å². The van der Waals surface area contributed by atoms with Crippen LogP contribution in [0.3, 0.4) is 0 Å². The van der Waals surface area contributed by atoms with Crippen molar-refractivity contribution in [1.29, 1.82) is 0 Å². The third-order valence-corrected chi connectivity index (χ3v) is 9.26. The van der Waals surface area contributed by atoms with Crippen molar-refractivity contribution >= 4 is 26.6 Å². The Bertz CT molecular complexity index is 569. The van der Waals surface area contributed by atoms with Crippen LogP contribution >= 0.6 is 0 Å². The minimum atomic E-state index is -3.10. The molecule has 20 heavy (non-hydrogen) atoms. The Morgan fingerprint density at radius 1 is 0.450 bits per heavy atom. The molecular formula is C18H16OSe. The molecule has 1 nitrogen and oxygen atoms in total. The molecular weight excluding hydrogens is 311 g/mol. The first-order valence-corrected chi connectivity index (χ1v) is 9.86. The first kappa shape index (κ1) is 13.1. The predicted molar refractivity (Wildman–Crippen MR) is 86.2 cm³/mol. The Balaban J connectivity index is 2.24. The van der Waals surface area contributed by atoms with Gasteiger partial charge in [0.25, 0.3) is 0 Å². The molecule has 3 aromatic carbocycles. The van der Waals surface area contributed by atoms with Crippen LogP contribution in [-0.2, 0) is 0 Å². The molecule has 0 radical (unpaired) electrons. The fourth-order valence-corrected chi connectivity index (χ4v) is 7.44. The molecule has 0 aliphatic heterocycles. The molecule has 100 valence electrons. The first-order valence-electron chi connectivity index (χ1n) is 6.53. The fourth-order valence-electron chi connectivity index (χ4n) is 2.26. The van der Waals surface area contributed by atoms with Crippen molar-refractivity contribution in [2.75, 3.05) is 0 Å². The van der Waals surface area contributed by atoms with E-state index in [4.69, 9.17) is 0 Å². The normalized spacial score (nSPS) is 12.1. The second kappa shape index (κ2) is 5.64. The number of hydrogen-bond acceptors (Lipinski definition) is 1. The Kier molecular flexibility index (Phi) is 3.70. The fraction of sp³-hybridized carbons (Fsp3) is 0. The molecule has 0 saturated heterocycles. The summed E-state index contributed by atoms with van der Waals surface area (Å²) < 4.78 is 14.7. The van der Waals surface area contributed by atoms with Gasteiger partial charge in [-0.3, -0.25) is 0 Å². The van der Waals surface area contributed by atoms with E-state index in [1.165, 1.54) is 0 Å². The number of hydrogen-bond donors (Lipinski definition) is 1. The molecule has 0 unspecified atom stereocenters. The van der Waals surface area contributed by atoms with Crippen LogP contribution in [0.5, 0.6) is 0 Å². The molecule has 1 N–H and O–H groups in total. The Morgan fingerprint density at radius 2 is 0.700 bits per heavy atom. The van der Waals surface area contributed by atoms with Gasteiger partial charge < -0.3 is 0 Å². The monoisotopic (exact) mass is 328 g/mol. The van der Waals surface area contributed by atoms with Gasteiger partial charge in [-0.05, 0) is 0 Å². The topological polar surface area (TPSA) is 20.2 Å². The van der Waals surface area contributed by atoms with Crippen molar-refractivity contribution in [2.24, 2.45) is 0 Å². The summed E-state index contributed by atoms with van der Waals surface area (Å²) >= 11 is -3.10. The summed E-state index contributed by atoms with van der Waals surface area (Å²) in [4.78, 5) is 0. The molecule has 0 aromatic heterocycles. The van der Waals surface area contributed by atoms with Gasteiger partial charge in [-0.25, -0.2) is 0 Å². The molecule has 0 heterocycles. The third kappa shape index (κ3) is 2.30. The van der Waals surface area contributed by atoms with Gasteiger partial charge in [-0.2, -0.15) is 0 Å². The number of benzene rings is 3. The van der Waals surface area contributed by atoms with Gasteiger partial charge in [0, 0.05) is 0 Å². The van der Waals surface area contributed by atoms with Crippen molar-refractivity contribution in [3.8, 4) is 0 Å². The van der Waals surface area contributed by atoms with Crippen LogP contribution in [0.2, 0.25) is 0 Å². The van der Waals surface area contributed by atoms with Gasteiger partial charge in [0.2, 0.25) is 0 Å². The van der Waals surface area contributed by atoms with E-state index < -0.39 is 13.2 Å². The summed E-state index contributed by atoms with van der Waals surface area (Å²) in [7, 11) is 0. The average Bonchev–Trinajstić information content (AvgIpc) is 2.56. The van der Waals surface area contributed by atoms with Crippen LogP contribution in [0.25, 0.3) is 0 Å². The van der Waals surface area contributed by atoms with E-state index in [-0.39, 0.29) is 0 Å². The summed E-state index contributed by atoms with van der Waals surface area (Å²) in [5.74, 6) is 0. The van der Waals surface area contributed by atoms with E-state index in [9.17, 15) is 4.19 Å². The van der Waals surface area contributed by atoms with E-state index in [2.05, 4.69) is 0 Å². The van der Waals surface area contributed by atoms with Gasteiger partial charge in [-0.15, -0.1) is 0 Å². The minimum absolute atomic E-state index is 1.03. The second-order valence-corrected chi connectivity index (χ2v) is 9.92. The molecule has 2 heteroatoms. The zero-order valence-corrected chi connectivity index (χ0v) is 12.7. The Morgan fingerprint density at radius 3 is 0.950 bits per heavy atom. The van der Waals surface area contributed by atoms with Crippen molar-refractivity contribution in [2.45, 2.75) is 0 Å². The molecule has 0 saturated carbocycles. The van der Waals surface area contributed by atoms with Crippen molar-refractivity contribution < 1.29 is 4.19 Å². The Labute approximate surface area is 122 Å². The SMILES string of the molecule is O[Se](c1ccccc1)(c1ccccc1)c1ccccc1. The van der Waals surface area contributed by atoms with Crippen molar-refractivity contribution in [3.63, 3.8) is 0 Å². The quantitative estimate of drug-likeness (QED) is 0.725. The van der Waals surface area contributed by atoms with Crippen LogP contribution in [0.4, 0.5) is 0 Å². The predicted octanol–water partition coefficient (Wildman–Crippen LogP) is 1.65. The molecule has 0 atom stereocenters. The summed E-state index contributed by atoms with van der Waals surface area (Å²) in [5.41, 5.74) is 0. The summed E-state index contributed by atoms with van der Waals surface area (Å²) in [6.45, 7) is 0. The van der Waals surface area contributed by atoms with E-state index in [0.29, 0.717) is 0 Å². The second-order valence-electron chi connectivity index (χ2n) is 4.52. The van der Waals surface area contributed by atoms with E-state index in [0.717, 1.165) is 13.4 Å². The molecule has 0 bridgehead atoms. The first-order chi connectivity index (χ1) is 9.82. The van der Waals surface area contributed by atoms with Crippen LogP contribution in [-0.4, -0.2) is 17.4 Å². The molecule has 0 spiro atoms. The average molecular weight is 327 g/mol. The molecule has 0 aliphatic rings. The van der Waals surface area contributed by atoms with E-state index in [1.807, 2.05) is 91.0 Å². The van der Waals surface area contributed by atoms with Crippen molar-refractivity contribution in [1.82, 2.24) is 0 Å². The Hall–Kier alpha value is -1.86. The summed E-state index contributed by atoms with van der Waals surface area (Å²) in [6.07, 6.45) is 0. The molecule has 3 rings (SSSR count). The molecule has 0 fully saturated rings. The maximum absolute atomic E-state index is 11.6. The number of rotatable bonds is 3. The summed E-state index contributed by atoms with van der Waals surface area (Å²) in [5, 5.41) is 0. The van der Waals surface area contributed by atoms with Crippen molar-refractivity contribution in [3.05, 3.63) is 91.0 Å². The standard InChI is InChI=1S/C18H16OSe/c19-20(16-10-4-1-5-11-16,17-12-6-2-7-13-17)18-14-8-3-9-15-18/h1-15,19H. The zero-order valence-electron chi connectivity index (χ0n) is 11.0. The van der Waals surface area contributed by atoms with Gasteiger partial charge in [0.1, 0.15) is 0 Å². The zero-order chi connectivity index (χ0) is 13.8. The van der Waals surface area contributed by atoms with Gasteiger partial charge in [-0.1, -0.05) is 0 Å². The van der Waals surface area contributed by atoms with E-state index >= 15 is 0 Å². The molecule has 0 aliphatic carbocycles. The van der Waals surface area contributed by atoms with Crippen LogP contribution in [0.15, 0.2) is 91.0 Å². The van der Waals surface area contributed by atoms with Crippen LogP contribution in [0, 0.1) is 0 Å². The molecule has 3 aromatic rings. The van der Waals surface area contributed by atoms with Crippen LogP contribution in [0.1, 0.15) is 0 Å². The maximum atomic E-state index is 11.6. The van der Waals surface area contributed by atoms with Gasteiger partial charge in [0.05, 0.1) is 0 Å². The molecule has 0 amide bonds. The van der Waals surface area contributed by atoms with Gasteiger partial charge >= 0.3 is 122 Å². The van der Waals surface area contributed by atoms with Gasteiger partial charge in [0.15, 0.2) is 0 Å². The third-order valence-electron chi connectivity index (χ3n) is 3.25.